The van der Waals surface area contributed by atoms with Gasteiger partial charge < -0.3 is 0 Å². The van der Waals surface area contributed by atoms with E-state index in [0.29, 0.717) is 0 Å². The van der Waals surface area contributed by atoms with Crippen molar-refractivity contribution in [2.24, 2.45) is 0 Å². The molecule has 0 aliphatic rings. The summed E-state index contributed by atoms with van der Waals surface area (Å²) in [5.41, 5.74) is 2.31. The first-order valence-electron chi connectivity index (χ1n) is 6.21. The number of carbonyl (C=O) groups is 1. The molecule has 1 aromatic rings. The van der Waals surface area contributed by atoms with Gasteiger partial charge in [0.2, 0.25) is 0 Å². The highest BCUT2D eigenvalue weighted by molar-refractivity contribution is 5.67. The van der Waals surface area contributed by atoms with E-state index in [1.54, 1.807) is 6.08 Å². The normalized spacial score (nSPS) is 11.9. The summed E-state index contributed by atoms with van der Waals surface area (Å²) in [6.07, 6.45) is 11.0. The predicted molar refractivity (Wildman–Crippen MR) is 73.0 cm³/mol. The number of allylic oxidation sites excluding steroid dienone is 4. The maximum absolute atomic E-state index is 10.6. The van der Waals surface area contributed by atoms with Gasteiger partial charge in [0.1, 0.15) is 6.29 Å². The van der Waals surface area contributed by atoms with Crippen LogP contribution in [-0.2, 0) is 11.2 Å². The molecule has 0 aromatic heterocycles. The van der Waals surface area contributed by atoms with Gasteiger partial charge in [-0.05, 0) is 30.1 Å². The number of carbonyl (C=O) groups excluding carboxylic acids is 1. The van der Waals surface area contributed by atoms with Crippen molar-refractivity contribution in [3.05, 3.63) is 59.7 Å². The summed E-state index contributed by atoms with van der Waals surface area (Å²) in [6.45, 7) is 2.18. The van der Waals surface area contributed by atoms with E-state index < -0.39 is 0 Å². The van der Waals surface area contributed by atoms with Crippen molar-refractivity contribution in [3.63, 3.8) is 0 Å². The Balaban J connectivity index is 2.58. The van der Waals surface area contributed by atoms with Crippen LogP contribution < -0.4 is 0 Å². The second kappa shape index (κ2) is 8.51. The van der Waals surface area contributed by atoms with Crippen LogP contribution in [0.2, 0.25) is 0 Å². The molecule has 17 heavy (non-hydrogen) atoms. The summed E-state index contributed by atoms with van der Waals surface area (Å²) in [5, 5.41) is 0. The van der Waals surface area contributed by atoms with E-state index in [4.69, 9.17) is 0 Å². The van der Waals surface area contributed by atoms with Gasteiger partial charge in [0.05, 0.1) is 0 Å². The van der Waals surface area contributed by atoms with E-state index in [9.17, 15) is 4.79 Å². The molecular weight excluding hydrogens is 208 g/mol. The van der Waals surface area contributed by atoms with E-state index in [2.05, 4.69) is 31.2 Å². The Bertz CT molecular complexity index is 374. The first kappa shape index (κ1) is 13.4. The highest BCUT2D eigenvalue weighted by Crippen LogP contribution is 2.09. The van der Waals surface area contributed by atoms with E-state index >= 15 is 0 Å². The summed E-state index contributed by atoms with van der Waals surface area (Å²) >= 11 is 0. The lowest BCUT2D eigenvalue weighted by atomic mass is 10.0. The van der Waals surface area contributed by atoms with E-state index in [1.807, 2.05) is 18.2 Å². The standard InChI is InChI=1S/C16H20O/c1-2-3-4-6-11-16(12-13-17)14-15-9-7-5-8-10-15/h5-13H,2-4,14H2,1H3/b11-6+,16-12-. The molecule has 1 heteroatoms. The topological polar surface area (TPSA) is 17.1 Å². The van der Waals surface area contributed by atoms with Gasteiger partial charge in [0, 0.05) is 0 Å². The molecular formula is C16H20O. The molecule has 90 valence electrons. The molecule has 1 nitrogen and oxygen atoms in total. The minimum absolute atomic E-state index is 0.822. The molecule has 0 heterocycles. The molecule has 1 rings (SSSR count). The third-order valence-electron chi connectivity index (χ3n) is 2.59. The first-order chi connectivity index (χ1) is 8.36. The molecule has 0 spiro atoms. The Morgan fingerprint density at radius 3 is 2.65 bits per heavy atom. The molecule has 0 saturated heterocycles. The second-order valence-electron chi connectivity index (χ2n) is 4.08. The molecule has 0 aliphatic heterocycles. The molecule has 0 amide bonds. The summed E-state index contributed by atoms with van der Waals surface area (Å²) in [5.74, 6) is 0. The van der Waals surface area contributed by atoms with Crippen molar-refractivity contribution in [1.29, 1.82) is 0 Å². The molecule has 1 aromatic carbocycles. The lowest BCUT2D eigenvalue weighted by Gasteiger charge is -2.01. The van der Waals surface area contributed by atoms with Crippen molar-refractivity contribution in [1.82, 2.24) is 0 Å². The van der Waals surface area contributed by atoms with Crippen LogP contribution in [0.3, 0.4) is 0 Å². The molecule has 0 fully saturated rings. The number of rotatable bonds is 7. The maximum atomic E-state index is 10.6. The Morgan fingerprint density at radius 1 is 1.24 bits per heavy atom. The van der Waals surface area contributed by atoms with Crippen molar-refractivity contribution < 1.29 is 4.79 Å². The number of hydrogen-bond acceptors (Lipinski definition) is 1. The molecule has 0 saturated carbocycles. The van der Waals surface area contributed by atoms with Crippen molar-refractivity contribution in [2.45, 2.75) is 32.6 Å². The first-order valence-corrected chi connectivity index (χ1v) is 6.21. The number of aldehydes is 1. The third kappa shape index (κ3) is 5.86. The highest BCUT2D eigenvalue weighted by Gasteiger charge is 1.95. The van der Waals surface area contributed by atoms with Gasteiger partial charge in [-0.15, -0.1) is 0 Å². The van der Waals surface area contributed by atoms with Gasteiger partial charge in [0.25, 0.3) is 0 Å². The van der Waals surface area contributed by atoms with Crippen LogP contribution in [0.1, 0.15) is 31.7 Å². The Morgan fingerprint density at radius 2 is 2.00 bits per heavy atom. The van der Waals surface area contributed by atoms with Crippen LogP contribution in [0.5, 0.6) is 0 Å². The zero-order chi connectivity index (χ0) is 12.3. The fourth-order valence-corrected chi connectivity index (χ4v) is 1.65. The summed E-state index contributed by atoms with van der Waals surface area (Å²) in [7, 11) is 0. The van der Waals surface area contributed by atoms with Crippen LogP contribution in [0.15, 0.2) is 54.1 Å². The smallest absolute Gasteiger partial charge is 0.143 e. The van der Waals surface area contributed by atoms with Crippen molar-refractivity contribution in [2.75, 3.05) is 0 Å². The van der Waals surface area contributed by atoms with Gasteiger partial charge in [0.15, 0.2) is 0 Å². The van der Waals surface area contributed by atoms with Crippen LogP contribution in [0.4, 0.5) is 0 Å². The highest BCUT2D eigenvalue weighted by atomic mass is 16.1. The quantitative estimate of drug-likeness (QED) is 0.297. The molecule has 0 aliphatic carbocycles. The predicted octanol–water partition coefficient (Wildman–Crippen LogP) is 4.10. The SMILES string of the molecule is CCCC/C=C/C(=C/C=O)Cc1ccccc1. The lowest BCUT2D eigenvalue weighted by Crippen LogP contribution is -1.88. The summed E-state index contributed by atoms with van der Waals surface area (Å²) < 4.78 is 0. The fraction of sp³-hybridized carbons (Fsp3) is 0.312. The van der Waals surface area contributed by atoms with Crippen LogP contribution in [0.25, 0.3) is 0 Å². The molecule has 0 radical (unpaired) electrons. The average molecular weight is 228 g/mol. The summed E-state index contributed by atoms with van der Waals surface area (Å²) in [6, 6.07) is 10.2. The molecule has 0 bridgehead atoms. The maximum Gasteiger partial charge on any atom is 0.143 e. The molecule has 0 N–H and O–H groups in total. The number of unbranched alkanes of at least 4 members (excludes halogenated alkanes) is 2. The minimum atomic E-state index is 0.822. The van der Waals surface area contributed by atoms with E-state index in [0.717, 1.165) is 24.7 Å². The minimum Gasteiger partial charge on any atom is -0.299 e. The van der Waals surface area contributed by atoms with Gasteiger partial charge in [-0.2, -0.15) is 0 Å². The Hall–Kier alpha value is -1.63. The zero-order valence-corrected chi connectivity index (χ0v) is 10.4. The van der Waals surface area contributed by atoms with Crippen LogP contribution in [0, 0.1) is 0 Å². The van der Waals surface area contributed by atoms with E-state index in [1.165, 1.54) is 18.4 Å². The number of hydrogen-bond donors (Lipinski definition) is 0. The third-order valence-corrected chi connectivity index (χ3v) is 2.59. The van der Waals surface area contributed by atoms with Crippen molar-refractivity contribution in [3.8, 4) is 0 Å². The van der Waals surface area contributed by atoms with Crippen molar-refractivity contribution >= 4 is 6.29 Å². The molecule has 0 atom stereocenters. The lowest BCUT2D eigenvalue weighted by molar-refractivity contribution is -0.104. The average Bonchev–Trinajstić information content (AvgIpc) is 2.36. The van der Waals surface area contributed by atoms with Gasteiger partial charge >= 0.3 is 0 Å². The second-order valence-corrected chi connectivity index (χ2v) is 4.08. The fourth-order valence-electron chi connectivity index (χ4n) is 1.65. The zero-order valence-electron chi connectivity index (χ0n) is 10.4. The largest absolute Gasteiger partial charge is 0.299 e. The molecule has 0 unspecified atom stereocenters. The van der Waals surface area contributed by atoms with Crippen LogP contribution >= 0.6 is 0 Å². The Kier molecular flexibility index (Phi) is 6.73. The van der Waals surface area contributed by atoms with Gasteiger partial charge in [-0.1, -0.05) is 62.2 Å². The number of benzene rings is 1. The van der Waals surface area contributed by atoms with Gasteiger partial charge in [-0.25, -0.2) is 0 Å². The van der Waals surface area contributed by atoms with Gasteiger partial charge in [-0.3, -0.25) is 4.79 Å². The monoisotopic (exact) mass is 228 g/mol. The van der Waals surface area contributed by atoms with E-state index in [-0.39, 0.29) is 0 Å². The summed E-state index contributed by atoms with van der Waals surface area (Å²) in [4.78, 5) is 10.6. The Labute approximate surface area is 104 Å². The van der Waals surface area contributed by atoms with Crippen LogP contribution in [-0.4, -0.2) is 6.29 Å².